The molecule has 20 heavy (non-hydrogen) atoms. The first-order valence-corrected chi connectivity index (χ1v) is 5.81. The lowest BCUT2D eigenvalue weighted by Crippen LogP contribution is -2.11. The van der Waals surface area contributed by atoms with Crippen LogP contribution in [0.15, 0.2) is 48.5 Å². The van der Waals surface area contributed by atoms with E-state index in [-0.39, 0.29) is 16.9 Å². The van der Waals surface area contributed by atoms with Crippen LogP contribution >= 0.6 is 0 Å². The molecule has 0 atom stereocenters. The van der Waals surface area contributed by atoms with Gasteiger partial charge in [-0.1, -0.05) is 24.3 Å². The Kier molecular flexibility index (Phi) is 4.00. The van der Waals surface area contributed by atoms with E-state index in [1.807, 2.05) is 6.07 Å². The van der Waals surface area contributed by atoms with E-state index in [0.717, 1.165) is 0 Å². The van der Waals surface area contributed by atoms with Crippen LogP contribution in [0.25, 0.3) is 0 Å². The van der Waals surface area contributed by atoms with E-state index in [4.69, 9.17) is 9.84 Å². The van der Waals surface area contributed by atoms with Gasteiger partial charge in [0, 0.05) is 0 Å². The molecule has 0 aliphatic carbocycles. The number of ether oxygens (including phenoxy) is 2. The molecule has 2 aromatic rings. The minimum atomic E-state index is -1.22. The van der Waals surface area contributed by atoms with Gasteiger partial charge in [0.2, 0.25) is 0 Å². The second-order valence-corrected chi connectivity index (χ2v) is 3.89. The van der Waals surface area contributed by atoms with E-state index in [0.29, 0.717) is 5.75 Å². The maximum Gasteiger partial charge on any atom is 0.342 e. The molecule has 0 bridgehead atoms. The molecule has 0 saturated heterocycles. The van der Waals surface area contributed by atoms with Crippen LogP contribution in [-0.2, 0) is 4.74 Å². The number of carbonyl (C=O) groups excluding carboxylic acids is 1. The van der Waals surface area contributed by atoms with Crippen LogP contribution < -0.4 is 4.74 Å². The van der Waals surface area contributed by atoms with Crippen LogP contribution in [0.3, 0.4) is 0 Å². The molecule has 0 heterocycles. The molecule has 0 saturated carbocycles. The molecular formula is C15H12O5. The minimum absolute atomic E-state index is 0.105. The summed E-state index contributed by atoms with van der Waals surface area (Å²) in [6, 6.07) is 13.1. The van der Waals surface area contributed by atoms with Gasteiger partial charge in [-0.25, -0.2) is 9.59 Å². The highest BCUT2D eigenvalue weighted by atomic mass is 16.5. The van der Waals surface area contributed by atoms with Gasteiger partial charge in [-0.15, -0.1) is 0 Å². The van der Waals surface area contributed by atoms with E-state index in [1.165, 1.54) is 25.3 Å². The van der Waals surface area contributed by atoms with E-state index in [2.05, 4.69) is 4.74 Å². The lowest BCUT2D eigenvalue weighted by Gasteiger charge is -2.11. The third-order valence-electron chi connectivity index (χ3n) is 2.62. The highest BCUT2D eigenvalue weighted by Gasteiger charge is 2.22. The number of methoxy groups -OCH3 is 1. The summed E-state index contributed by atoms with van der Waals surface area (Å²) >= 11 is 0. The lowest BCUT2D eigenvalue weighted by atomic mass is 10.1. The van der Waals surface area contributed by atoms with Crippen molar-refractivity contribution >= 4 is 11.9 Å². The zero-order valence-electron chi connectivity index (χ0n) is 10.7. The number of esters is 1. The molecule has 0 radical (unpaired) electrons. The number of carbonyl (C=O) groups is 2. The summed E-state index contributed by atoms with van der Waals surface area (Å²) in [6.07, 6.45) is 0. The Morgan fingerprint density at radius 1 is 1.00 bits per heavy atom. The molecule has 0 unspecified atom stereocenters. The van der Waals surface area contributed by atoms with Gasteiger partial charge in [0.05, 0.1) is 12.7 Å². The van der Waals surface area contributed by atoms with Crippen molar-refractivity contribution in [2.24, 2.45) is 0 Å². The average Bonchev–Trinajstić information content (AvgIpc) is 2.47. The monoisotopic (exact) mass is 272 g/mol. The molecule has 0 spiro atoms. The molecule has 0 aliphatic rings. The van der Waals surface area contributed by atoms with Crippen molar-refractivity contribution in [2.45, 2.75) is 0 Å². The second kappa shape index (κ2) is 5.88. The van der Waals surface area contributed by atoms with Crippen LogP contribution in [0.5, 0.6) is 11.5 Å². The van der Waals surface area contributed by atoms with Crippen molar-refractivity contribution in [3.63, 3.8) is 0 Å². The molecule has 5 nitrogen and oxygen atoms in total. The number of rotatable bonds is 4. The Morgan fingerprint density at radius 3 is 2.30 bits per heavy atom. The maximum atomic E-state index is 11.8. The largest absolute Gasteiger partial charge is 0.478 e. The van der Waals surface area contributed by atoms with Crippen molar-refractivity contribution in [1.29, 1.82) is 0 Å². The lowest BCUT2D eigenvalue weighted by molar-refractivity contribution is 0.0579. The van der Waals surface area contributed by atoms with Crippen molar-refractivity contribution in [3.8, 4) is 11.5 Å². The molecule has 0 fully saturated rings. The van der Waals surface area contributed by atoms with Crippen LogP contribution in [0.2, 0.25) is 0 Å². The summed E-state index contributed by atoms with van der Waals surface area (Å²) in [4.78, 5) is 23.0. The topological polar surface area (TPSA) is 72.8 Å². The molecule has 5 heteroatoms. The standard InChI is InChI=1S/C15H12O5/c1-19-15(18)13-11(14(16)17)8-5-9-12(13)20-10-6-3-2-4-7-10/h2-9H,1H3,(H,16,17). The van der Waals surface area contributed by atoms with E-state index >= 15 is 0 Å². The fourth-order valence-corrected chi connectivity index (χ4v) is 1.72. The molecule has 0 amide bonds. The first kappa shape index (κ1) is 13.6. The minimum Gasteiger partial charge on any atom is -0.478 e. The Hall–Kier alpha value is -2.82. The summed E-state index contributed by atoms with van der Waals surface area (Å²) in [6.45, 7) is 0. The fraction of sp³-hybridized carbons (Fsp3) is 0.0667. The average molecular weight is 272 g/mol. The zero-order valence-corrected chi connectivity index (χ0v) is 10.7. The van der Waals surface area contributed by atoms with Gasteiger partial charge < -0.3 is 14.6 Å². The van der Waals surface area contributed by atoms with Gasteiger partial charge in [0.25, 0.3) is 0 Å². The van der Waals surface area contributed by atoms with Gasteiger partial charge in [-0.2, -0.15) is 0 Å². The van der Waals surface area contributed by atoms with E-state index in [1.54, 1.807) is 24.3 Å². The Balaban J connectivity index is 2.49. The van der Waals surface area contributed by atoms with Gasteiger partial charge in [0.1, 0.15) is 17.1 Å². The predicted molar refractivity (Wildman–Crippen MR) is 71.3 cm³/mol. The maximum absolute atomic E-state index is 11.8. The van der Waals surface area contributed by atoms with Gasteiger partial charge in [-0.3, -0.25) is 0 Å². The number of carboxylic acids is 1. The van der Waals surface area contributed by atoms with Crippen molar-refractivity contribution in [1.82, 2.24) is 0 Å². The highest BCUT2D eigenvalue weighted by Crippen LogP contribution is 2.28. The molecule has 2 rings (SSSR count). The van der Waals surface area contributed by atoms with Crippen molar-refractivity contribution < 1.29 is 24.2 Å². The first-order valence-electron chi connectivity index (χ1n) is 5.81. The summed E-state index contributed by atoms with van der Waals surface area (Å²) in [7, 11) is 1.19. The van der Waals surface area contributed by atoms with Crippen LogP contribution in [0.1, 0.15) is 20.7 Å². The SMILES string of the molecule is COC(=O)c1c(Oc2ccccc2)cccc1C(=O)O. The fourth-order valence-electron chi connectivity index (χ4n) is 1.72. The second-order valence-electron chi connectivity index (χ2n) is 3.89. The number of aromatic carboxylic acids is 1. The smallest absolute Gasteiger partial charge is 0.342 e. The molecule has 102 valence electrons. The van der Waals surface area contributed by atoms with E-state index in [9.17, 15) is 9.59 Å². The van der Waals surface area contributed by atoms with Crippen molar-refractivity contribution in [3.05, 3.63) is 59.7 Å². The normalized spacial score (nSPS) is 9.85. The quantitative estimate of drug-likeness (QED) is 0.866. The molecule has 0 aromatic heterocycles. The third-order valence-corrected chi connectivity index (χ3v) is 2.62. The van der Waals surface area contributed by atoms with Crippen LogP contribution in [0.4, 0.5) is 0 Å². The molecule has 1 N–H and O–H groups in total. The number of para-hydroxylation sites is 1. The number of hydrogen-bond acceptors (Lipinski definition) is 4. The number of benzene rings is 2. The molecule has 2 aromatic carbocycles. The van der Waals surface area contributed by atoms with Gasteiger partial charge in [-0.05, 0) is 24.3 Å². The van der Waals surface area contributed by atoms with Crippen LogP contribution in [-0.4, -0.2) is 24.2 Å². The molecule has 0 aliphatic heterocycles. The van der Waals surface area contributed by atoms with E-state index < -0.39 is 11.9 Å². The van der Waals surface area contributed by atoms with Crippen molar-refractivity contribution in [2.75, 3.05) is 7.11 Å². The molecular weight excluding hydrogens is 260 g/mol. The summed E-state index contributed by atoms with van der Waals surface area (Å²) < 4.78 is 10.2. The Morgan fingerprint density at radius 2 is 1.70 bits per heavy atom. The Labute approximate surface area is 115 Å². The summed E-state index contributed by atoms with van der Waals surface area (Å²) in [5.74, 6) is -1.33. The number of hydrogen-bond donors (Lipinski definition) is 1. The predicted octanol–water partition coefficient (Wildman–Crippen LogP) is 2.96. The van der Waals surface area contributed by atoms with Gasteiger partial charge >= 0.3 is 11.9 Å². The first-order chi connectivity index (χ1) is 9.63. The summed E-state index contributed by atoms with van der Waals surface area (Å²) in [5.41, 5.74) is -0.267. The van der Waals surface area contributed by atoms with Crippen LogP contribution in [0, 0.1) is 0 Å². The zero-order chi connectivity index (χ0) is 14.5. The Bertz CT molecular complexity index is 634. The summed E-state index contributed by atoms with van der Waals surface area (Å²) in [5, 5.41) is 9.14. The number of carboxylic acid groups (broad SMARTS) is 1. The third kappa shape index (κ3) is 2.77. The van der Waals surface area contributed by atoms with Gasteiger partial charge in [0.15, 0.2) is 0 Å². The highest BCUT2D eigenvalue weighted by molar-refractivity contribution is 6.04.